The maximum atomic E-state index is 13.0. The van der Waals surface area contributed by atoms with Gasteiger partial charge in [-0.15, -0.1) is 11.3 Å². The summed E-state index contributed by atoms with van der Waals surface area (Å²) >= 11 is 1.79. The summed E-state index contributed by atoms with van der Waals surface area (Å²) in [4.78, 5) is 33.3. The van der Waals surface area contributed by atoms with E-state index < -0.39 is 0 Å². The molecule has 142 valence electrons. The number of nitrogens with one attached hydrogen (secondary N) is 1. The van der Waals surface area contributed by atoms with E-state index in [1.54, 1.807) is 11.3 Å². The molecular formula is C19H28N4O2S. The van der Waals surface area contributed by atoms with Gasteiger partial charge in [0.05, 0.1) is 5.92 Å². The summed E-state index contributed by atoms with van der Waals surface area (Å²) in [6.45, 7) is 7.44. The number of likely N-dealkylation sites (tertiary alicyclic amines) is 1. The van der Waals surface area contributed by atoms with Gasteiger partial charge in [-0.05, 0) is 43.2 Å². The monoisotopic (exact) mass is 376 g/mol. The summed E-state index contributed by atoms with van der Waals surface area (Å²) in [6, 6.07) is 2.47. The molecule has 26 heavy (non-hydrogen) atoms. The highest BCUT2D eigenvalue weighted by Crippen LogP contribution is 2.26. The number of piperidine rings is 1. The average molecular weight is 377 g/mol. The standard InChI is InChI=1S/C19H28N4O2S/c1-14-11-20-6-9-23(14)18(24)16-3-2-7-21(13-16)19(25)22-8-4-17-15(12-22)5-10-26-17/h5,10,14,16,20H,2-4,6-9,11-13H2,1H3/t14-,16?/m0/s1. The molecule has 3 aliphatic heterocycles. The fourth-order valence-electron chi connectivity index (χ4n) is 4.37. The molecule has 1 aromatic rings. The van der Waals surface area contributed by atoms with Gasteiger partial charge in [0.25, 0.3) is 0 Å². The number of carbonyl (C=O) groups excluding carboxylic acids is 2. The fourth-order valence-corrected chi connectivity index (χ4v) is 5.26. The van der Waals surface area contributed by atoms with Crippen molar-refractivity contribution in [2.75, 3.05) is 39.3 Å². The third-order valence-electron chi connectivity index (χ3n) is 5.90. The van der Waals surface area contributed by atoms with Crippen molar-refractivity contribution in [2.45, 2.75) is 38.8 Å². The molecule has 1 unspecified atom stereocenters. The van der Waals surface area contributed by atoms with Crippen LogP contribution in [0.1, 0.15) is 30.2 Å². The molecule has 0 aromatic carbocycles. The molecule has 2 fully saturated rings. The molecule has 1 N–H and O–H groups in total. The van der Waals surface area contributed by atoms with E-state index in [-0.39, 0.29) is 23.9 Å². The summed E-state index contributed by atoms with van der Waals surface area (Å²) in [5.74, 6) is 0.185. The Morgan fingerprint density at radius 1 is 1.23 bits per heavy atom. The number of urea groups is 1. The lowest BCUT2D eigenvalue weighted by Crippen LogP contribution is -2.56. The van der Waals surface area contributed by atoms with E-state index in [0.717, 1.165) is 52.0 Å². The normalized spacial score (nSPS) is 26.6. The molecule has 0 spiro atoms. The number of rotatable bonds is 1. The Morgan fingerprint density at radius 3 is 2.96 bits per heavy atom. The van der Waals surface area contributed by atoms with Crippen LogP contribution in [-0.2, 0) is 17.8 Å². The first kappa shape index (κ1) is 17.8. The molecule has 6 nitrogen and oxygen atoms in total. The van der Waals surface area contributed by atoms with Crippen molar-refractivity contribution in [1.82, 2.24) is 20.0 Å². The smallest absolute Gasteiger partial charge is 0.320 e. The molecule has 0 saturated carbocycles. The van der Waals surface area contributed by atoms with Gasteiger partial charge in [-0.1, -0.05) is 0 Å². The van der Waals surface area contributed by atoms with Crippen LogP contribution in [-0.4, -0.2) is 71.9 Å². The Morgan fingerprint density at radius 2 is 2.12 bits per heavy atom. The Labute approximate surface area is 159 Å². The van der Waals surface area contributed by atoms with E-state index in [9.17, 15) is 9.59 Å². The summed E-state index contributed by atoms with van der Waals surface area (Å²) < 4.78 is 0. The Bertz CT molecular complexity index is 676. The van der Waals surface area contributed by atoms with Crippen molar-refractivity contribution < 1.29 is 9.59 Å². The minimum absolute atomic E-state index is 0.0465. The number of piperazine rings is 1. The molecule has 4 heterocycles. The average Bonchev–Trinajstić information content (AvgIpc) is 3.15. The summed E-state index contributed by atoms with van der Waals surface area (Å²) in [5, 5.41) is 5.45. The summed E-state index contributed by atoms with van der Waals surface area (Å²) in [6.07, 6.45) is 2.77. The van der Waals surface area contributed by atoms with Crippen LogP contribution in [0.3, 0.4) is 0 Å². The maximum Gasteiger partial charge on any atom is 0.320 e. The number of hydrogen-bond acceptors (Lipinski definition) is 4. The number of hydrogen-bond donors (Lipinski definition) is 1. The van der Waals surface area contributed by atoms with Crippen LogP contribution in [0.2, 0.25) is 0 Å². The zero-order valence-electron chi connectivity index (χ0n) is 15.4. The van der Waals surface area contributed by atoms with Gasteiger partial charge < -0.3 is 20.0 Å². The van der Waals surface area contributed by atoms with E-state index in [0.29, 0.717) is 13.1 Å². The third-order valence-corrected chi connectivity index (χ3v) is 6.93. The highest BCUT2D eigenvalue weighted by molar-refractivity contribution is 7.10. The molecule has 0 bridgehead atoms. The minimum atomic E-state index is -0.0465. The molecule has 1 aromatic heterocycles. The first-order valence-electron chi connectivity index (χ1n) is 9.74. The van der Waals surface area contributed by atoms with Crippen molar-refractivity contribution in [3.05, 3.63) is 21.9 Å². The van der Waals surface area contributed by atoms with Crippen LogP contribution in [0, 0.1) is 5.92 Å². The van der Waals surface area contributed by atoms with Crippen LogP contribution in [0.25, 0.3) is 0 Å². The molecule has 0 aliphatic carbocycles. The van der Waals surface area contributed by atoms with Gasteiger partial charge in [-0.25, -0.2) is 4.79 Å². The number of amides is 3. The van der Waals surface area contributed by atoms with E-state index in [1.807, 2.05) is 14.7 Å². The highest BCUT2D eigenvalue weighted by Gasteiger charge is 2.35. The van der Waals surface area contributed by atoms with Crippen LogP contribution in [0.15, 0.2) is 11.4 Å². The van der Waals surface area contributed by atoms with Gasteiger partial charge in [0, 0.05) is 56.7 Å². The first-order chi connectivity index (χ1) is 12.6. The molecule has 2 atom stereocenters. The fraction of sp³-hybridized carbons (Fsp3) is 0.684. The Kier molecular flexibility index (Phi) is 5.18. The van der Waals surface area contributed by atoms with Gasteiger partial charge >= 0.3 is 6.03 Å². The third kappa shape index (κ3) is 3.47. The van der Waals surface area contributed by atoms with Gasteiger partial charge in [0.1, 0.15) is 0 Å². The van der Waals surface area contributed by atoms with E-state index in [2.05, 4.69) is 23.7 Å². The number of thiophene rings is 1. The lowest BCUT2D eigenvalue weighted by Gasteiger charge is -2.41. The summed E-state index contributed by atoms with van der Waals surface area (Å²) in [5.41, 5.74) is 1.29. The maximum absolute atomic E-state index is 13.0. The minimum Gasteiger partial charge on any atom is -0.337 e. The second-order valence-corrected chi connectivity index (χ2v) is 8.69. The van der Waals surface area contributed by atoms with Gasteiger partial charge in [-0.3, -0.25) is 4.79 Å². The Balaban J connectivity index is 1.39. The van der Waals surface area contributed by atoms with Crippen molar-refractivity contribution in [3.63, 3.8) is 0 Å². The second-order valence-electron chi connectivity index (χ2n) is 7.69. The largest absolute Gasteiger partial charge is 0.337 e. The predicted octanol–water partition coefficient (Wildman–Crippen LogP) is 1.76. The molecule has 2 saturated heterocycles. The van der Waals surface area contributed by atoms with Crippen molar-refractivity contribution >= 4 is 23.3 Å². The zero-order chi connectivity index (χ0) is 18.1. The molecule has 3 aliphatic rings. The lowest BCUT2D eigenvalue weighted by atomic mass is 9.95. The van der Waals surface area contributed by atoms with E-state index in [1.165, 1.54) is 10.4 Å². The molecule has 4 rings (SSSR count). The molecule has 0 radical (unpaired) electrons. The number of carbonyl (C=O) groups is 2. The topological polar surface area (TPSA) is 55.9 Å². The highest BCUT2D eigenvalue weighted by atomic mass is 32.1. The van der Waals surface area contributed by atoms with Crippen LogP contribution in [0.4, 0.5) is 4.79 Å². The van der Waals surface area contributed by atoms with Crippen LogP contribution in [0.5, 0.6) is 0 Å². The summed E-state index contributed by atoms with van der Waals surface area (Å²) in [7, 11) is 0. The SMILES string of the molecule is C[C@H]1CNCCN1C(=O)C1CCCN(C(=O)N2CCc3sccc3C2)C1. The molecular weight excluding hydrogens is 348 g/mol. The molecule has 3 amide bonds. The van der Waals surface area contributed by atoms with Crippen molar-refractivity contribution in [1.29, 1.82) is 0 Å². The van der Waals surface area contributed by atoms with E-state index in [4.69, 9.17) is 0 Å². The van der Waals surface area contributed by atoms with Crippen molar-refractivity contribution in [3.8, 4) is 0 Å². The van der Waals surface area contributed by atoms with Crippen LogP contribution >= 0.6 is 11.3 Å². The van der Waals surface area contributed by atoms with E-state index >= 15 is 0 Å². The predicted molar refractivity (Wildman–Crippen MR) is 102 cm³/mol. The van der Waals surface area contributed by atoms with Gasteiger partial charge in [0.15, 0.2) is 0 Å². The number of nitrogens with zero attached hydrogens (tertiary/aromatic N) is 3. The van der Waals surface area contributed by atoms with Crippen molar-refractivity contribution in [2.24, 2.45) is 5.92 Å². The lowest BCUT2D eigenvalue weighted by molar-refractivity contribution is -0.139. The van der Waals surface area contributed by atoms with Gasteiger partial charge in [-0.2, -0.15) is 0 Å². The zero-order valence-corrected chi connectivity index (χ0v) is 16.3. The number of fused-ring (bicyclic) bond motifs is 1. The second kappa shape index (κ2) is 7.56. The molecule has 7 heteroatoms. The van der Waals surface area contributed by atoms with Crippen LogP contribution < -0.4 is 5.32 Å². The van der Waals surface area contributed by atoms with Gasteiger partial charge in [0.2, 0.25) is 5.91 Å². The Hall–Kier alpha value is -1.60. The first-order valence-corrected chi connectivity index (χ1v) is 10.6. The quantitative estimate of drug-likeness (QED) is 0.813.